The molecule has 1 heterocycles. The Kier molecular flexibility index (Phi) is 3.20. The molecule has 0 radical (unpaired) electrons. The van der Waals surface area contributed by atoms with Gasteiger partial charge in [-0.2, -0.15) is 5.10 Å². The first-order valence-corrected chi connectivity index (χ1v) is 5.22. The summed E-state index contributed by atoms with van der Waals surface area (Å²) < 4.78 is 0. The topological polar surface area (TPSA) is 77.5 Å². The first-order valence-electron chi connectivity index (χ1n) is 5.22. The van der Waals surface area contributed by atoms with E-state index in [0.717, 1.165) is 22.2 Å². The third-order valence-corrected chi connectivity index (χ3v) is 2.47. The number of amides is 1. The summed E-state index contributed by atoms with van der Waals surface area (Å²) in [6.07, 6.45) is 1.57. The third-order valence-electron chi connectivity index (χ3n) is 2.47. The van der Waals surface area contributed by atoms with Crippen LogP contribution in [0.15, 0.2) is 29.4 Å². The van der Waals surface area contributed by atoms with E-state index in [1.165, 1.54) is 0 Å². The van der Waals surface area contributed by atoms with Gasteiger partial charge in [0, 0.05) is 22.2 Å². The average molecular weight is 231 g/mol. The highest BCUT2D eigenvalue weighted by Crippen LogP contribution is 2.19. The number of fused-ring (bicyclic) bond motifs is 1. The Labute approximate surface area is 98.2 Å². The number of hydrogen-bond donors (Lipinski definition) is 3. The van der Waals surface area contributed by atoms with E-state index in [2.05, 4.69) is 15.5 Å². The fourth-order valence-electron chi connectivity index (χ4n) is 1.67. The molecule has 3 N–H and O–H groups in total. The SMILES string of the molecule is Cc1[nH]c2ccccc2c1/C=N/NC(=O)CO. The normalized spacial score (nSPS) is 11.2. The van der Waals surface area contributed by atoms with E-state index < -0.39 is 12.5 Å². The second-order valence-electron chi connectivity index (χ2n) is 3.66. The summed E-state index contributed by atoms with van der Waals surface area (Å²) in [7, 11) is 0. The van der Waals surface area contributed by atoms with Crippen LogP contribution in [0, 0.1) is 6.92 Å². The van der Waals surface area contributed by atoms with Gasteiger partial charge >= 0.3 is 0 Å². The first kappa shape index (κ1) is 11.3. The molecule has 0 bridgehead atoms. The van der Waals surface area contributed by atoms with Crippen LogP contribution in [0.3, 0.4) is 0 Å². The Morgan fingerprint density at radius 3 is 3.06 bits per heavy atom. The van der Waals surface area contributed by atoms with Gasteiger partial charge in [0.2, 0.25) is 0 Å². The van der Waals surface area contributed by atoms with Gasteiger partial charge < -0.3 is 10.1 Å². The minimum absolute atomic E-state index is 0.529. The molecule has 88 valence electrons. The number of aliphatic hydroxyl groups is 1. The highest BCUT2D eigenvalue weighted by Gasteiger charge is 2.05. The molecule has 5 heteroatoms. The van der Waals surface area contributed by atoms with Crippen molar-refractivity contribution in [2.45, 2.75) is 6.92 Å². The van der Waals surface area contributed by atoms with Crippen LogP contribution in [0.1, 0.15) is 11.3 Å². The lowest BCUT2D eigenvalue weighted by Gasteiger charge is -1.95. The molecule has 0 saturated heterocycles. The number of benzene rings is 1. The number of hydrogen-bond acceptors (Lipinski definition) is 3. The first-order chi connectivity index (χ1) is 8.22. The van der Waals surface area contributed by atoms with Crippen molar-refractivity contribution in [2.75, 3.05) is 6.61 Å². The molecule has 0 unspecified atom stereocenters. The largest absolute Gasteiger partial charge is 0.386 e. The summed E-state index contributed by atoms with van der Waals surface area (Å²) >= 11 is 0. The molecule has 0 aliphatic rings. The predicted molar refractivity (Wildman–Crippen MR) is 65.9 cm³/mol. The van der Waals surface area contributed by atoms with Gasteiger partial charge in [0.25, 0.3) is 5.91 Å². The number of para-hydroxylation sites is 1. The maximum absolute atomic E-state index is 10.8. The zero-order valence-corrected chi connectivity index (χ0v) is 9.40. The van der Waals surface area contributed by atoms with Crippen LogP contribution >= 0.6 is 0 Å². The molecule has 1 amide bonds. The van der Waals surface area contributed by atoms with E-state index in [1.807, 2.05) is 31.2 Å². The minimum atomic E-state index is -0.565. The van der Waals surface area contributed by atoms with E-state index in [4.69, 9.17) is 5.11 Å². The standard InChI is InChI=1S/C12H13N3O2/c1-8-10(6-13-15-12(17)7-16)9-4-2-3-5-11(9)14-8/h2-6,14,16H,7H2,1H3,(H,15,17)/b13-6+. The van der Waals surface area contributed by atoms with Gasteiger partial charge in [0.15, 0.2) is 0 Å². The molecule has 2 aromatic rings. The zero-order chi connectivity index (χ0) is 12.3. The van der Waals surface area contributed by atoms with Crippen molar-refractivity contribution in [3.63, 3.8) is 0 Å². The summed E-state index contributed by atoms with van der Waals surface area (Å²) in [5.74, 6) is -0.529. The molecule has 0 aliphatic carbocycles. The van der Waals surface area contributed by atoms with E-state index in [-0.39, 0.29) is 0 Å². The van der Waals surface area contributed by atoms with E-state index >= 15 is 0 Å². The van der Waals surface area contributed by atoms with Crippen molar-refractivity contribution in [3.05, 3.63) is 35.5 Å². The number of carbonyl (C=O) groups excluding carboxylic acids is 1. The lowest BCUT2D eigenvalue weighted by Crippen LogP contribution is -2.20. The Balaban J connectivity index is 2.29. The predicted octanol–water partition coefficient (Wildman–Crippen LogP) is 0.919. The lowest BCUT2D eigenvalue weighted by molar-refractivity contribution is -0.123. The van der Waals surface area contributed by atoms with Crippen LogP contribution in [0.5, 0.6) is 0 Å². The number of aromatic amines is 1. The number of carbonyl (C=O) groups is 1. The minimum Gasteiger partial charge on any atom is -0.386 e. The molecule has 5 nitrogen and oxygen atoms in total. The highest BCUT2D eigenvalue weighted by molar-refractivity contribution is 6.00. The molecule has 0 fully saturated rings. The summed E-state index contributed by atoms with van der Waals surface area (Å²) in [5, 5.41) is 13.4. The maximum atomic E-state index is 10.8. The van der Waals surface area contributed by atoms with Gasteiger partial charge in [-0.1, -0.05) is 18.2 Å². The van der Waals surface area contributed by atoms with Crippen LogP contribution in [0.2, 0.25) is 0 Å². The quantitative estimate of drug-likeness (QED) is 0.542. The average Bonchev–Trinajstić information content (AvgIpc) is 2.66. The highest BCUT2D eigenvalue weighted by atomic mass is 16.3. The number of nitrogens with zero attached hydrogens (tertiary/aromatic N) is 1. The van der Waals surface area contributed by atoms with Gasteiger partial charge in [-0.25, -0.2) is 5.43 Å². The van der Waals surface area contributed by atoms with Crippen LogP contribution in [0.25, 0.3) is 10.9 Å². The lowest BCUT2D eigenvalue weighted by atomic mass is 10.1. The van der Waals surface area contributed by atoms with Crippen molar-refractivity contribution < 1.29 is 9.90 Å². The Bertz CT molecular complexity index is 572. The van der Waals surface area contributed by atoms with Crippen molar-refractivity contribution in [3.8, 4) is 0 Å². The van der Waals surface area contributed by atoms with Crippen LogP contribution in [0.4, 0.5) is 0 Å². The van der Waals surface area contributed by atoms with Gasteiger partial charge in [0.1, 0.15) is 6.61 Å². The Morgan fingerprint density at radius 1 is 1.53 bits per heavy atom. The van der Waals surface area contributed by atoms with Gasteiger partial charge in [0.05, 0.1) is 6.21 Å². The monoisotopic (exact) mass is 231 g/mol. The number of aryl methyl sites for hydroxylation is 1. The van der Waals surface area contributed by atoms with Gasteiger partial charge in [-0.15, -0.1) is 0 Å². The summed E-state index contributed by atoms with van der Waals surface area (Å²) in [6, 6.07) is 7.85. The van der Waals surface area contributed by atoms with Crippen molar-refractivity contribution in [1.82, 2.24) is 10.4 Å². The Morgan fingerprint density at radius 2 is 2.29 bits per heavy atom. The number of rotatable bonds is 3. The number of hydrazone groups is 1. The van der Waals surface area contributed by atoms with Crippen molar-refractivity contribution in [2.24, 2.45) is 5.10 Å². The summed E-state index contributed by atoms with van der Waals surface area (Å²) in [4.78, 5) is 14.0. The van der Waals surface area contributed by atoms with Crippen molar-refractivity contribution >= 4 is 23.0 Å². The number of aromatic nitrogens is 1. The molecular weight excluding hydrogens is 218 g/mol. The molecule has 2 rings (SSSR count). The third kappa shape index (κ3) is 2.34. The number of aliphatic hydroxyl groups excluding tert-OH is 1. The number of nitrogens with one attached hydrogen (secondary N) is 2. The molecule has 0 spiro atoms. The van der Waals surface area contributed by atoms with E-state index in [0.29, 0.717) is 0 Å². The fraction of sp³-hybridized carbons (Fsp3) is 0.167. The molecule has 0 saturated carbocycles. The smallest absolute Gasteiger partial charge is 0.265 e. The Hall–Kier alpha value is -2.14. The van der Waals surface area contributed by atoms with Gasteiger partial charge in [-0.3, -0.25) is 4.79 Å². The number of H-pyrrole nitrogens is 1. The second kappa shape index (κ2) is 4.80. The zero-order valence-electron chi connectivity index (χ0n) is 9.40. The molecule has 0 aliphatic heterocycles. The molecular formula is C12H13N3O2. The second-order valence-corrected chi connectivity index (χ2v) is 3.66. The van der Waals surface area contributed by atoms with Crippen LogP contribution in [-0.4, -0.2) is 28.8 Å². The van der Waals surface area contributed by atoms with Gasteiger partial charge in [-0.05, 0) is 13.0 Å². The molecule has 0 atom stereocenters. The molecule has 1 aromatic heterocycles. The fourth-order valence-corrected chi connectivity index (χ4v) is 1.67. The molecule has 17 heavy (non-hydrogen) atoms. The van der Waals surface area contributed by atoms with E-state index in [9.17, 15) is 4.79 Å². The summed E-state index contributed by atoms with van der Waals surface area (Å²) in [5.41, 5.74) is 5.17. The van der Waals surface area contributed by atoms with Crippen LogP contribution in [-0.2, 0) is 4.79 Å². The molecule has 1 aromatic carbocycles. The van der Waals surface area contributed by atoms with Crippen LogP contribution < -0.4 is 5.43 Å². The summed E-state index contributed by atoms with van der Waals surface area (Å²) in [6.45, 7) is 1.37. The van der Waals surface area contributed by atoms with E-state index in [1.54, 1.807) is 6.21 Å². The maximum Gasteiger partial charge on any atom is 0.265 e. The van der Waals surface area contributed by atoms with Crippen molar-refractivity contribution in [1.29, 1.82) is 0 Å².